The largest absolute Gasteiger partial charge is 0.497 e. The number of hydrogen-bond donors (Lipinski definition) is 2. The molecule has 1 aromatic carbocycles. The van der Waals surface area contributed by atoms with Crippen LogP contribution in [0.2, 0.25) is 0 Å². The van der Waals surface area contributed by atoms with Gasteiger partial charge in [0.05, 0.1) is 18.2 Å². The molecule has 0 aliphatic carbocycles. The van der Waals surface area contributed by atoms with Crippen molar-refractivity contribution in [1.82, 2.24) is 15.2 Å². The first kappa shape index (κ1) is 14.1. The molecule has 0 unspecified atom stereocenters. The fourth-order valence-corrected chi connectivity index (χ4v) is 2.67. The molecule has 22 heavy (non-hydrogen) atoms. The summed E-state index contributed by atoms with van der Waals surface area (Å²) in [6.07, 6.45) is 0. The Labute approximate surface area is 127 Å². The second-order valence-electron chi connectivity index (χ2n) is 5.07. The number of nitrogen functional groups attached to an aromatic ring is 1. The standard InChI is InChI=1S/C16H16N4O2/c1-8-12(9(2)21)13(10-4-6-11(22-3)7-5-10)14-15(17)19-20-16(14)18-8/h4-7H,1-3H3,(H3,17,18,19,20). The summed E-state index contributed by atoms with van der Waals surface area (Å²) in [4.78, 5) is 16.5. The second-order valence-corrected chi connectivity index (χ2v) is 5.07. The van der Waals surface area contributed by atoms with Gasteiger partial charge in [-0.1, -0.05) is 12.1 Å². The lowest BCUT2D eigenvalue weighted by atomic mass is 9.94. The molecule has 112 valence electrons. The van der Waals surface area contributed by atoms with E-state index >= 15 is 0 Å². The monoisotopic (exact) mass is 296 g/mol. The number of Topliss-reactive ketones (excluding diaryl/α,β-unsaturated/α-hetero) is 1. The Bertz CT molecular complexity index is 866. The van der Waals surface area contributed by atoms with E-state index in [1.54, 1.807) is 14.0 Å². The molecule has 0 radical (unpaired) electrons. The molecule has 2 heterocycles. The number of hydrogen-bond acceptors (Lipinski definition) is 5. The van der Waals surface area contributed by atoms with E-state index in [4.69, 9.17) is 10.5 Å². The van der Waals surface area contributed by atoms with Gasteiger partial charge in [0.1, 0.15) is 11.6 Å². The third-order valence-electron chi connectivity index (χ3n) is 3.64. The lowest BCUT2D eigenvalue weighted by Gasteiger charge is -2.12. The highest BCUT2D eigenvalue weighted by molar-refractivity contribution is 6.11. The number of nitrogens with zero attached hydrogens (tertiary/aromatic N) is 2. The van der Waals surface area contributed by atoms with Gasteiger partial charge >= 0.3 is 0 Å². The van der Waals surface area contributed by atoms with E-state index in [1.807, 2.05) is 24.3 Å². The van der Waals surface area contributed by atoms with E-state index in [9.17, 15) is 4.79 Å². The number of ether oxygens (including phenoxy) is 1. The third kappa shape index (κ3) is 2.09. The molecule has 0 saturated heterocycles. The Balaban J connectivity index is 2.40. The number of pyridine rings is 1. The first-order valence-electron chi connectivity index (χ1n) is 6.82. The maximum Gasteiger partial charge on any atom is 0.184 e. The molecular weight excluding hydrogens is 280 g/mol. The summed E-state index contributed by atoms with van der Waals surface area (Å²) in [5, 5.41) is 7.50. The number of nitrogens with one attached hydrogen (secondary N) is 1. The molecular formula is C16H16N4O2. The minimum absolute atomic E-state index is 0.0571. The van der Waals surface area contributed by atoms with Crippen LogP contribution in [0, 0.1) is 6.92 Å². The number of aromatic amines is 1. The minimum Gasteiger partial charge on any atom is -0.497 e. The Morgan fingerprint density at radius 2 is 1.95 bits per heavy atom. The van der Waals surface area contributed by atoms with Crippen LogP contribution in [0.3, 0.4) is 0 Å². The number of carbonyl (C=O) groups is 1. The van der Waals surface area contributed by atoms with Crippen LogP contribution in [0.4, 0.5) is 5.82 Å². The van der Waals surface area contributed by atoms with Crippen molar-refractivity contribution >= 4 is 22.6 Å². The zero-order valence-corrected chi connectivity index (χ0v) is 12.6. The molecule has 6 nitrogen and oxygen atoms in total. The number of nitrogens with two attached hydrogens (primary N) is 1. The van der Waals surface area contributed by atoms with E-state index in [1.165, 1.54) is 6.92 Å². The molecule has 0 aliphatic heterocycles. The zero-order valence-electron chi connectivity index (χ0n) is 12.6. The number of H-pyrrole nitrogens is 1. The predicted octanol–water partition coefficient (Wildman–Crippen LogP) is 2.73. The Morgan fingerprint density at radius 1 is 1.27 bits per heavy atom. The number of rotatable bonds is 3. The average molecular weight is 296 g/mol. The normalized spacial score (nSPS) is 10.9. The first-order chi connectivity index (χ1) is 10.5. The molecule has 3 aromatic rings. The van der Waals surface area contributed by atoms with E-state index in [0.29, 0.717) is 28.1 Å². The summed E-state index contributed by atoms with van der Waals surface area (Å²) in [5.41, 5.74) is 9.32. The van der Waals surface area contributed by atoms with Gasteiger partial charge in [0, 0.05) is 11.1 Å². The molecule has 0 saturated carbocycles. The molecule has 0 fully saturated rings. The van der Waals surface area contributed by atoms with Crippen LogP contribution in [-0.2, 0) is 0 Å². The van der Waals surface area contributed by atoms with Gasteiger partial charge in [0.25, 0.3) is 0 Å². The highest BCUT2D eigenvalue weighted by atomic mass is 16.5. The molecule has 0 spiro atoms. The quantitative estimate of drug-likeness (QED) is 0.725. The van der Waals surface area contributed by atoms with Gasteiger partial charge in [-0.25, -0.2) is 4.98 Å². The summed E-state index contributed by atoms with van der Waals surface area (Å²) < 4.78 is 5.18. The maximum absolute atomic E-state index is 12.1. The van der Waals surface area contributed by atoms with Crippen molar-refractivity contribution in [1.29, 1.82) is 0 Å². The third-order valence-corrected chi connectivity index (χ3v) is 3.64. The fraction of sp³-hybridized carbons (Fsp3) is 0.188. The fourth-order valence-electron chi connectivity index (χ4n) is 2.67. The van der Waals surface area contributed by atoms with Crippen molar-refractivity contribution in [2.75, 3.05) is 12.8 Å². The molecule has 6 heteroatoms. The van der Waals surface area contributed by atoms with E-state index in [2.05, 4.69) is 15.2 Å². The lowest BCUT2D eigenvalue weighted by molar-refractivity contribution is 0.101. The van der Waals surface area contributed by atoms with Crippen molar-refractivity contribution in [3.8, 4) is 16.9 Å². The van der Waals surface area contributed by atoms with Crippen LogP contribution in [0.1, 0.15) is 23.0 Å². The highest BCUT2D eigenvalue weighted by Gasteiger charge is 2.21. The van der Waals surface area contributed by atoms with Crippen molar-refractivity contribution in [3.05, 3.63) is 35.5 Å². The van der Waals surface area contributed by atoms with Crippen LogP contribution in [0.5, 0.6) is 5.75 Å². The maximum atomic E-state index is 12.1. The average Bonchev–Trinajstić information content (AvgIpc) is 2.86. The number of aryl methyl sites for hydroxylation is 1. The Hall–Kier alpha value is -2.89. The van der Waals surface area contributed by atoms with E-state index in [-0.39, 0.29) is 5.78 Å². The number of ketones is 1. The van der Waals surface area contributed by atoms with Crippen molar-refractivity contribution in [2.45, 2.75) is 13.8 Å². The zero-order chi connectivity index (χ0) is 15.9. The number of aromatic nitrogens is 3. The topological polar surface area (TPSA) is 93.9 Å². The van der Waals surface area contributed by atoms with Crippen molar-refractivity contribution in [3.63, 3.8) is 0 Å². The van der Waals surface area contributed by atoms with Crippen LogP contribution in [0.15, 0.2) is 24.3 Å². The number of carbonyl (C=O) groups excluding carboxylic acids is 1. The SMILES string of the molecule is COc1ccc(-c2c(C(C)=O)c(C)nc3n[nH]c(N)c23)cc1. The van der Waals surface area contributed by atoms with Gasteiger partial charge in [0.15, 0.2) is 11.4 Å². The van der Waals surface area contributed by atoms with E-state index in [0.717, 1.165) is 16.9 Å². The number of methoxy groups -OCH3 is 1. The second kappa shape index (κ2) is 5.14. The molecule has 0 atom stereocenters. The molecule has 2 aromatic heterocycles. The van der Waals surface area contributed by atoms with Crippen LogP contribution >= 0.6 is 0 Å². The van der Waals surface area contributed by atoms with Crippen LogP contribution in [0.25, 0.3) is 22.2 Å². The van der Waals surface area contributed by atoms with Crippen molar-refractivity contribution < 1.29 is 9.53 Å². The van der Waals surface area contributed by atoms with Gasteiger partial charge in [-0.05, 0) is 31.5 Å². The summed E-state index contributed by atoms with van der Waals surface area (Å²) >= 11 is 0. The van der Waals surface area contributed by atoms with E-state index < -0.39 is 0 Å². The molecule has 0 amide bonds. The summed E-state index contributed by atoms with van der Waals surface area (Å²) in [5.74, 6) is 1.09. The van der Waals surface area contributed by atoms with Gasteiger partial charge in [-0.3, -0.25) is 9.89 Å². The van der Waals surface area contributed by atoms with Gasteiger partial charge in [-0.2, -0.15) is 5.10 Å². The lowest BCUT2D eigenvalue weighted by Crippen LogP contribution is -2.04. The number of benzene rings is 1. The van der Waals surface area contributed by atoms with Crippen molar-refractivity contribution in [2.24, 2.45) is 0 Å². The summed E-state index contributed by atoms with van der Waals surface area (Å²) in [7, 11) is 1.61. The molecule has 3 N–H and O–H groups in total. The predicted molar refractivity (Wildman–Crippen MR) is 85.0 cm³/mol. The van der Waals surface area contributed by atoms with Gasteiger partial charge in [-0.15, -0.1) is 0 Å². The smallest absolute Gasteiger partial charge is 0.184 e. The van der Waals surface area contributed by atoms with Gasteiger partial charge < -0.3 is 10.5 Å². The van der Waals surface area contributed by atoms with Crippen LogP contribution < -0.4 is 10.5 Å². The summed E-state index contributed by atoms with van der Waals surface area (Å²) in [6, 6.07) is 7.48. The highest BCUT2D eigenvalue weighted by Crippen LogP contribution is 2.36. The molecule has 0 bridgehead atoms. The Morgan fingerprint density at radius 3 is 2.55 bits per heavy atom. The first-order valence-corrected chi connectivity index (χ1v) is 6.82. The number of anilines is 1. The van der Waals surface area contributed by atoms with Crippen LogP contribution in [-0.4, -0.2) is 28.1 Å². The van der Waals surface area contributed by atoms with Gasteiger partial charge in [0.2, 0.25) is 0 Å². The minimum atomic E-state index is -0.0571. The Kier molecular flexibility index (Phi) is 3.29. The molecule has 3 rings (SSSR count). The molecule has 0 aliphatic rings. The summed E-state index contributed by atoms with van der Waals surface area (Å²) in [6.45, 7) is 3.33. The number of fused-ring (bicyclic) bond motifs is 1.